The van der Waals surface area contributed by atoms with Crippen LogP contribution in [0, 0.1) is 5.92 Å². The number of aliphatic hydroxyl groups is 1. The highest BCUT2D eigenvalue weighted by Gasteiger charge is 2.18. The third-order valence-electron chi connectivity index (χ3n) is 4.78. The van der Waals surface area contributed by atoms with E-state index in [4.69, 9.17) is 4.74 Å². The molecule has 1 aromatic rings. The fourth-order valence-electron chi connectivity index (χ4n) is 3.08. The smallest absolute Gasteiger partial charge is 0.251 e. The van der Waals surface area contributed by atoms with Gasteiger partial charge < -0.3 is 15.2 Å². The van der Waals surface area contributed by atoms with Crippen LogP contribution in [-0.4, -0.2) is 55.4 Å². The molecule has 1 amide bonds. The molecule has 2 N–H and O–H groups in total. The zero-order valence-corrected chi connectivity index (χ0v) is 14.8. The largest absolute Gasteiger partial charge is 0.396 e. The summed E-state index contributed by atoms with van der Waals surface area (Å²) in [7, 11) is 1.65. The summed E-state index contributed by atoms with van der Waals surface area (Å²) >= 11 is 0. The van der Waals surface area contributed by atoms with E-state index >= 15 is 0 Å². The molecule has 1 unspecified atom stereocenters. The number of nitrogens with zero attached hydrogens (tertiary/aromatic N) is 1. The quantitative estimate of drug-likeness (QED) is 0.764. The molecule has 1 saturated heterocycles. The molecule has 0 spiro atoms. The number of benzene rings is 1. The van der Waals surface area contributed by atoms with Gasteiger partial charge in [-0.25, -0.2) is 0 Å². The number of hydrogen-bond acceptors (Lipinski definition) is 4. The molecule has 1 aromatic carbocycles. The van der Waals surface area contributed by atoms with E-state index in [2.05, 4.69) is 10.2 Å². The van der Waals surface area contributed by atoms with Crippen molar-refractivity contribution in [2.75, 3.05) is 33.4 Å². The fourth-order valence-corrected chi connectivity index (χ4v) is 3.08. The Labute approximate surface area is 145 Å². The zero-order valence-electron chi connectivity index (χ0n) is 14.8. The first kappa shape index (κ1) is 18.9. The Bertz CT molecular complexity index is 496. The molecule has 0 aromatic heterocycles. The van der Waals surface area contributed by atoms with Crippen LogP contribution in [-0.2, 0) is 11.3 Å². The minimum atomic E-state index is -0.0470. The van der Waals surface area contributed by atoms with Gasteiger partial charge in [-0.3, -0.25) is 9.69 Å². The van der Waals surface area contributed by atoms with Gasteiger partial charge in [-0.15, -0.1) is 0 Å². The second-order valence-corrected chi connectivity index (χ2v) is 6.63. The van der Waals surface area contributed by atoms with Gasteiger partial charge in [-0.2, -0.15) is 0 Å². The number of nitrogens with one attached hydrogen (secondary N) is 1. The van der Waals surface area contributed by atoms with Crippen molar-refractivity contribution < 1.29 is 14.6 Å². The van der Waals surface area contributed by atoms with Gasteiger partial charge in [0.1, 0.15) is 0 Å². The highest BCUT2D eigenvalue weighted by Crippen LogP contribution is 2.18. The van der Waals surface area contributed by atoms with Gasteiger partial charge >= 0.3 is 0 Å². The Morgan fingerprint density at radius 2 is 2.00 bits per heavy atom. The lowest BCUT2D eigenvalue weighted by atomic mass is 9.97. The second kappa shape index (κ2) is 9.77. The lowest BCUT2D eigenvalue weighted by Crippen LogP contribution is -2.37. The predicted molar refractivity (Wildman–Crippen MR) is 95.0 cm³/mol. The molecule has 1 aliphatic heterocycles. The number of amides is 1. The standard InChI is InChI=1S/C19H30N2O3/c1-3-18(14-24-2)20-19(23)17-6-4-15(5-7-17)12-21-10-8-16(13-22)9-11-21/h4-7,16,18,22H,3,8-14H2,1-2H3,(H,20,23). The van der Waals surface area contributed by atoms with Crippen LogP contribution in [0.1, 0.15) is 42.1 Å². The number of carbonyl (C=O) groups is 1. The van der Waals surface area contributed by atoms with E-state index in [-0.39, 0.29) is 11.9 Å². The summed E-state index contributed by atoms with van der Waals surface area (Å²) in [4.78, 5) is 14.7. The number of rotatable bonds is 8. The molecule has 0 bridgehead atoms. The van der Waals surface area contributed by atoms with Gasteiger partial charge in [0.2, 0.25) is 0 Å². The average Bonchev–Trinajstić information content (AvgIpc) is 2.62. The molecule has 5 nitrogen and oxygen atoms in total. The Morgan fingerprint density at radius 3 is 2.54 bits per heavy atom. The summed E-state index contributed by atoms with van der Waals surface area (Å²) in [5.41, 5.74) is 1.91. The molecule has 1 atom stereocenters. The van der Waals surface area contributed by atoms with Gasteiger partial charge in [0.25, 0.3) is 5.91 Å². The first-order valence-corrected chi connectivity index (χ1v) is 8.88. The van der Waals surface area contributed by atoms with Crippen molar-refractivity contribution >= 4 is 5.91 Å². The Hall–Kier alpha value is -1.43. The van der Waals surface area contributed by atoms with E-state index in [0.717, 1.165) is 38.9 Å². The molecule has 5 heteroatoms. The van der Waals surface area contributed by atoms with E-state index in [1.807, 2.05) is 31.2 Å². The van der Waals surface area contributed by atoms with Crippen molar-refractivity contribution in [3.8, 4) is 0 Å². The number of likely N-dealkylation sites (tertiary alicyclic amines) is 1. The average molecular weight is 334 g/mol. The van der Waals surface area contributed by atoms with Crippen molar-refractivity contribution in [3.63, 3.8) is 0 Å². The second-order valence-electron chi connectivity index (χ2n) is 6.63. The van der Waals surface area contributed by atoms with Gasteiger partial charge in [0.05, 0.1) is 12.6 Å². The van der Waals surface area contributed by atoms with E-state index < -0.39 is 0 Å². The topological polar surface area (TPSA) is 61.8 Å². The molecule has 0 aliphatic carbocycles. The van der Waals surface area contributed by atoms with Crippen LogP contribution in [0.25, 0.3) is 0 Å². The van der Waals surface area contributed by atoms with E-state index in [1.165, 1.54) is 5.56 Å². The van der Waals surface area contributed by atoms with Crippen LogP contribution in [0.2, 0.25) is 0 Å². The molecule has 2 rings (SSSR count). The molecule has 24 heavy (non-hydrogen) atoms. The number of piperidine rings is 1. The van der Waals surface area contributed by atoms with Crippen LogP contribution in [0.4, 0.5) is 0 Å². The maximum Gasteiger partial charge on any atom is 0.251 e. The molecule has 1 aliphatic rings. The third-order valence-corrected chi connectivity index (χ3v) is 4.78. The van der Waals surface area contributed by atoms with E-state index in [9.17, 15) is 9.90 Å². The van der Waals surface area contributed by atoms with E-state index in [0.29, 0.717) is 24.7 Å². The molecule has 1 heterocycles. The molecule has 0 radical (unpaired) electrons. The Morgan fingerprint density at radius 1 is 1.33 bits per heavy atom. The lowest BCUT2D eigenvalue weighted by Gasteiger charge is -2.31. The van der Waals surface area contributed by atoms with Gasteiger partial charge in [0, 0.05) is 25.8 Å². The maximum absolute atomic E-state index is 12.3. The van der Waals surface area contributed by atoms with Crippen LogP contribution < -0.4 is 5.32 Å². The maximum atomic E-state index is 12.3. The summed E-state index contributed by atoms with van der Waals surface area (Å²) in [5.74, 6) is 0.417. The zero-order chi connectivity index (χ0) is 17.4. The number of carbonyl (C=O) groups excluding carboxylic acids is 1. The van der Waals surface area contributed by atoms with Gasteiger partial charge in [-0.1, -0.05) is 19.1 Å². The van der Waals surface area contributed by atoms with Crippen LogP contribution in [0.15, 0.2) is 24.3 Å². The minimum absolute atomic E-state index is 0.0470. The predicted octanol–water partition coefficient (Wildman–Crippen LogP) is 2.05. The molecule has 1 fully saturated rings. The summed E-state index contributed by atoms with van der Waals surface area (Å²) in [6.45, 7) is 5.84. The Kier molecular flexibility index (Phi) is 7.69. The Balaban J connectivity index is 1.85. The number of hydrogen-bond donors (Lipinski definition) is 2. The summed E-state index contributed by atoms with van der Waals surface area (Å²) in [6, 6.07) is 7.90. The third kappa shape index (κ3) is 5.58. The fraction of sp³-hybridized carbons (Fsp3) is 0.632. The molecule has 134 valence electrons. The van der Waals surface area contributed by atoms with Gasteiger partial charge in [0.15, 0.2) is 0 Å². The van der Waals surface area contributed by atoms with Crippen molar-refractivity contribution in [1.82, 2.24) is 10.2 Å². The van der Waals surface area contributed by atoms with Crippen molar-refractivity contribution in [1.29, 1.82) is 0 Å². The van der Waals surface area contributed by atoms with Crippen molar-refractivity contribution in [2.45, 2.75) is 38.8 Å². The van der Waals surface area contributed by atoms with Crippen LogP contribution in [0.5, 0.6) is 0 Å². The number of methoxy groups -OCH3 is 1. The first-order valence-electron chi connectivity index (χ1n) is 8.88. The highest BCUT2D eigenvalue weighted by molar-refractivity contribution is 5.94. The molecular weight excluding hydrogens is 304 g/mol. The number of aliphatic hydroxyl groups excluding tert-OH is 1. The molecular formula is C19H30N2O3. The van der Waals surface area contributed by atoms with Crippen LogP contribution in [0.3, 0.4) is 0 Å². The summed E-state index contributed by atoms with van der Waals surface area (Å²) < 4.78 is 5.12. The minimum Gasteiger partial charge on any atom is -0.396 e. The molecule has 0 saturated carbocycles. The number of ether oxygens (including phenoxy) is 1. The van der Waals surface area contributed by atoms with Gasteiger partial charge in [-0.05, 0) is 56.0 Å². The van der Waals surface area contributed by atoms with Crippen molar-refractivity contribution in [2.24, 2.45) is 5.92 Å². The summed E-state index contributed by atoms with van der Waals surface area (Å²) in [6.07, 6.45) is 2.98. The summed E-state index contributed by atoms with van der Waals surface area (Å²) in [5, 5.41) is 12.2. The van der Waals surface area contributed by atoms with Crippen LogP contribution >= 0.6 is 0 Å². The first-order chi connectivity index (χ1) is 11.7. The SMILES string of the molecule is CCC(COC)NC(=O)c1ccc(CN2CCC(CO)CC2)cc1. The highest BCUT2D eigenvalue weighted by atomic mass is 16.5. The van der Waals surface area contributed by atoms with Crippen molar-refractivity contribution in [3.05, 3.63) is 35.4 Å². The van der Waals surface area contributed by atoms with E-state index in [1.54, 1.807) is 7.11 Å². The monoisotopic (exact) mass is 334 g/mol. The lowest BCUT2D eigenvalue weighted by molar-refractivity contribution is 0.0894. The normalized spacial score (nSPS) is 17.6.